The van der Waals surface area contributed by atoms with Gasteiger partial charge in [-0.1, -0.05) is 18.5 Å². The van der Waals surface area contributed by atoms with Gasteiger partial charge in [-0.25, -0.2) is 4.98 Å². The van der Waals surface area contributed by atoms with Crippen molar-refractivity contribution in [3.05, 3.63) is 22.8 Å². The first-order valence-corrected chi connectivity index (χ1v) is 7.24. The molecule has 2 atom stereocenters. The van der Waals surface area contributed by atoms with Gasteiger partial charge in [-0.05, 0) is 25.0 Å². The van der Waals surface area contributed by atoms with Gasteiger partial charge in [0.15, 0.2) is 0 Å². The highest BCUT2D eigenvalue weighted by Gasteiger charge is 2.58. The second-order valence-electron chi connectivity index (χ2n) is 5.26. The predicted molar refractivity (Wildman–Crippen MR) is 75.2 cm³/mol. The van der Waals surface area contributed by atoms with Crippen LogP contribution in [-0.4, -0.2) is 28.2 Å². The van der Waals surface area contributed by atoms with E-state index in [0.717, 1.165) is 18.8 Å². The number of halogens is 1. The lowest BCUT2D eigenvalue weighted by molar-refractivity contribution is -0.142. The highest BCUT2D eigenvalue weighted by atomic mass is 35.5. The van der Waals surface area contributed by atoms with Crippen molar-refractivity contribution in [2.45, 2.75) is 26.3 Å². The summed E-state index contributed by atoms with van der Waals surface area (Å²) < 4.78 is 0. The summed E-state index contributed by atoms with van der Waals surface area (Å²) in [6, 6.07) is 3.54. The molecule has 1 saturated carbocycles. The Bertz CT molecular complexity index is 556. The van der Waals surface area contributed by atoms with Gasteiger partial charge in [-0.3, -0.25) is 14.5 Å². The van der Waals surface area contributed by atoms with E-state index in [1.807, 2.05) is 0 Å². The molecular weight excluding hydrogens is 278 g/mol. The summed E-state index contributed by atoms with van der Waals surface area (Å²) in [5.74, 6) is 0.399. The van der Waals surface area contributed by atoms with Crippen LogP contribution in [-0.2, 0) is 16.1 Å². The van der Waals surface area contributed by atoms with Crippen LogP contribution in [0.2, 0.25) is 5.02 Å². The number of imide groups is 1. The summed E-state index contributed by atoms with van der Waals surface area (Å²) in [6.07, 6.45) is 1.71. The van der Waals surface area contributed by atoms with Crippen molar-refractivity contribution in [2.75, 3.05) is 11.9 Å². The normalized spacial score (nSPS) is 24.0. The Morgan fingerprint density at radius 3 is 2.70 bits per heavy atom. The zero-order chi connectivity index (χ0) is 14.3. The minimum Gasteiger partial charge on any atom is -0.370 e. The molecule has 1 N–H and O–H groups in total. The molecule has 1 aliphatic heterocycles. The lowest BCUT2D eigenvalue weighted by atomic mass is 10.3. The van der Waals surface area contributed by atoms with Crippen LogP contribution in [0.25, 0.3) is 0 Å². The van der Waals surface area contributed by atoms with Gasteiger partial charge < -0.3 is 5.32 Å². The van der Waals surface area contributed by atoms with E-state index in [2.05, 4.69) is 17.2 Å². The zero-order valence-electron chi connectivity index (χ0n) is 11.2. The number of carbonyl (C=O) groups is 2. The molecule has 5 nitrogen and oxygen atoms in total. The third-order valence-electron chi connectivity index (χ3n) is 3.74. The predicted octanol–water partition coefficient (Wildman–Crippen LogP) is 2.06. The Hall–Kier alpha value is -1.62. The van der Waals surface area contributed by atoms with Gasteiger partial charge in [0.1, 0.15) is 5.82 Å². The fraction of sp³-hybridized carbons (Fsp3) is 0.500. The molecule has 20 heavy (non-hydrogen) atoms. The van der Waals surface area contributed by atoms with Crippen molar-refractivity contribution >= 4 is 29.2 Å². The molecular formula is C14H16ClN3O2. The van der Waals surface area contributed by atoms with E-state index >= 15 is 0 Å². The summed E-state index contributed by atoms with van der Waals surface area (Å²) in [6.45, 7) is 3.06. The van der Waals surface area contributed by atoms with Crippen LogP contribution in [0.3, 0.4) is 0 Å². The van der Waals surface area contributed by atoms with Gasteiger partial charge >= 0.3 is 0 Å². The molecule has 0 spiro atoms. The largest absolute Gasteiger partial charge is 0.370 e. The third kappa shape index (κ3) is 2.26. The van der Waals surface area contributed by atoms with E-state index in [9.17, 15) is 9.59 Å². The first kappa shape index (κ1) is 13.4. The van der Waals surface area contributed by atoms with Crippen LogP contribution in [0.4, 0.5) is 5.82 Å². The van der Waals surface area contributed by atoms with E-state index in [1.165, 1.54) is 4.90 Å². The Morgan fingerprint density at radius 2 is 2.05 bits per heavy atom. The van der Waals surface area contributed by atoms with Gasteiger partial charge in [0.25, 0.3) is 0 Å². The number of hydrogen-bond acceptors (Lipinski definition) is 4. The number of nitrogens with zero attached hydrogens (tertiary/aromatic N) is 2. The zero-order valence-corrected chi connectivity index (χ0v) is 12.0. The number of amides is 2. The maximum atomic E-state index is 11.9. The third-order valence-corrected chi connectivity index (χ3v) is 4.08. The van der Waals surface area contributed by atoms with E-state index < -0.39 is 0 Å². The van der Waals surface area contributed by atoms with E-state index in [-0.39, 0.29) is 30.2 Å². The average Bonchev–Trinajstić information content (AvgIpc) is 3.19. The van der Waals surface area contributed by atoms with Crippen molar-refractivity contribution in [1.29, 1.82) is 0 Å². The smallest absolute Gasteiger partial charge is 0.233 e. The van der Waals surface area contributed by atoms with Crippen molar-refractivity contribution < 1.29 is 9.59 Å². The number of hydrogen-bond donors (Lipinski definition) is 1. The molecule has 0 bridgehead atoms. The highest BCUT2D eigenvalue weighted by Crippen LogP contribution is 2.47. The molecule has 106 valence electrons. The molecule has 2 amide bonds. The number of nitrogens with one attached hydrogen (secondary N) is 1. The molecule has 2 aliphatic rings. The molecule has 1 saturated heterocycles. The molecule has 1 aromatic rings. The number of carbonyl (C=O) groups excluding carboxylic acids is 2. The second kappa shape index (κ2) is 5.05. The topological polar surface area (TPSA) is 62.3 Å². The summed E-state index contributed by atoms with van der Waals surface area (Å²) in [5.41, 5.74) is 0.566. The van der Waals surface area contributed by atoms with Crippen molar-refractivity contribution in [3.8, 4) is 0 Å². The Morgan fingerprint density at radius 1 is 1.35 bits per heavy atom. The maximum Gasteiger partial charge on any atom is 0.233 e. The van der Waals surface area contributed by atoms with Gasteiger partial charge in [0.2, 0.25) is 11.8 Å². The summed E-state index contributed by atoms with van der Waals surface area (Å²) in [7, 11) is 0. The molecule has 2 heterocycles. The van der Waals surface area contributed by atoms with Gasteiger partial charge in [0.05, 0.1) is 29.1 Å². The fourth-order valence-electron chi connectivity index (χ4n) is 2.50. The molecule has 1 aromatic heterocycles. The molecule has 0 aromatic carbocycles. The number of likely N-dealkylation sites (tertiary alicyclic amines) is 1. The number of aromatic nitrogens is 1. The minimum atomic E-state index is -0.0809. The minimum absolute atomic E-state index is 0.0789. The molecule has 3 rings (SSSR count). The van der Waals surface area contributed by atoms with Crippen molar-refractivity contribution in [1.82, 2.24) is 9.88 Å². The van der Waals surface area contributed by atoms with E-state index in [0.29, 0.717) is 17.1 Å². The number of anilines is 1. The van der Waals surface area contributed by atoms with Crippen LogP contribution in [0.15, 0.2) is 12.1 Å². The van der Waals surface area contributed by atoms with E-state index in [4.69, 9.17) is 11.6 Å². The standard InChI is InChI=1S/C14H16ClN3O2/c1-2-5-16-12-4-3-10(15)11(17-12)7-18-13(19)8-6-9(8)14(18)20/h3-4,8-9H,2,5-7H2,1H3,(H,16,17). The van der Waals surface area contributed by atoms with E-state index in [1.54, 1.807) is 12.1 Å². The van der Waals surface area contributed by atoms with Crippen LogP contribution in [0.1, 0.15) is 25.5 Å². The average molecular weight is 294 g/mol. The molecule has 0 radical (unpaired) electrons. The first-order valence-electron chi connectivity index (χ1n) is 6.86. The molecule has 2 fully saturated rings. The van der Waals surface area contributed by atoms with Crippen LogP contribution in [0.5, 0.6) is 0 Å². The Balaban J connectivity index is 1.76. The monoisotopic (exact) mass is 293 g/mol. The molecule has 2 unspecified atom stereocenters. The van der Waals surface area contributed by atoms with Gasteiger partial charge in [-0.2, -0.15) is 0 Å². The summed E-state index contributed by atoms with van der Waals surface area (Å²) in [4.78, 5) is 29.6. The van der Waals surface area contributed by atoms with Crippen molar-refractivity contribution in [2.24, 2.45) is 11.8 Å². The molecule has 1 aliphatic carbocycles. The number of fused-ring (bicyclic) bond motifs is 1. The van der Waals surface area contributed by atoms with Crippen LogP contribution in [0, 0.1) is 11.8 Å². The number of pyridine rings is 1. The van der Waals surface area contributed by atoms with Crippen LogP contribution >= 0.6 is 11.6 Å². The number of piperidine rings is 1. The maximum absolute atomic E-state index is 11.9. The fourth-order valence-corrected chi connectivity index (χ4v) is 2.67. The first-order chi connectivity index (χ1) is 9.61. The second-order valence-corrected chi connectivity index (χ2v) is 5.67. The van der Waals surface area contributed by atoms with Gasteiger partial charge in [0, 0.05) is 6.54 Å². The van der Waals surface area contributed by atoms with Crippen molar-refractivity contribution in [3.63, 3.8) is 0 Å². The Labute approximate surface area is 122 Å². The lowest BCUT2D eigenvalue weighted by Gasteiger charge is -2.17. The van der Waals surface area contributed by atoms with Crippen LogP contribution < -0.4 is 5.32 Å². The highest BCUT2D eigenvalue weighted by molar-refractivity contribution is 6.31. The quantitative estimate of drug-likeness (QED) is 0.844. The van der Waals surface area contributed by atoms with Gasteiger partial charge in [-0.15, -0.1) is 0 Å². The number of rotatable bonds is 5. The lowest BCUT2D eigenvalue weighted by Crippen LogP contribution is -2.32. The summed E-state index contributed by atoms with van der Waals surface area (Å²) in [5, 5.41) is 3.65. The summed E-state index contributed by atoms with van der Waals surface area (Å²) >= 11 is 6.11. The SMILES string of the molecule is CCCNc1ccc(Cl)c(CN2C(=O)C3CC3C2=O)n1. The molecule has 6 heteroatoms. The Kier molecular flexibility index (Phi) is 3.38.